The Morgan fingerprint density at radius 3 is 2.37 bits per heavy atom. The number of aromatic nitrogens is 4. The number of hydrogen-bond acceptors (Lipinski definition) is 6. The van der Waals surface area contributed by atoms with Gasteiger partial charge in [-0.1, -0.05) is 0 Å². The van der Waals surface area contributed by atoms with E-state index in [4.69, 9.17) is 4.74 Å². The zero-order valence-corrected chi connectivity index (χ0v) is 18.0. The Balaban J connectivity index is 1.87. The highest BCUT2D eigenvalue weighted by Crippen LogP contribution is 2.45. The van der Waals surface area contributed by atoms with Crippen LogP contribution in [0.5, 0.6) is 0 Å². The molecule has 0 atom stereocenters. The van der Waals surface area contributed by atoms with Crippen LogP contribution in [0.2, 0.25) is 0 Å². The second-order valence-corrected chi connectivity index (χ2v) is 8.90. The Bertz CT molecular complexity index is 1140. The Morgan fingerprint density at radius 2 is 1.80 bits per heavy atom. The van der Waals surface area contributed by atoms with Crippen molar-refractivity contribution in [2.75, 3.05) is 0 Å². The average molecular weight is 406 g/mol. The maximum Gasteiger partial charge on any atom is 0.328 e. The Hall–Kier alpha value is -3.09. The van der Waals surface area contributed by atoms with Gasteiger partial charge in [0.2, 0.25) is 0 Å². The molecule has 0 N–H and O–H groups in total. The third-order valence-corrected chi connectivity index (χ3v) is 5.04. The number of Topliss-reactive ketones (excluding diaryl/α,β-unsaturated/α-hetero) is 1. The number of rotatable bonds is 5. The van der Waals surface area contributed by atoms with Gasteiger partial charge < -0.3 is 4.74 Å². The van der Waals surface area contributed by atoms with E-state index in [2.05, 4.69) is 21.1 Å². The molecule has 7 nitrogen and oxygen atoms in total. The van der Waals surface area contributed by atoms with Crippen molar-refractivity contribution < 1.29 is 14.3 Å². The van der Waals surface area contributed by atoms with Gasteiger partial charge in [-0.15, -0.1) is 0 Å². The van der Waals surface area contributed by atoms with Crippen LogP contribution in [-0.4, -0.2) is 37.1 Å². The molecule has 30 heavy (non-hydrogen) atoms. The van der Waals surface area contributed by atoms with E-state index < -0.39 is 5.60 Å². The zero-order valence-electron chi connectivity index (χ0n) is 18.0. The fraction of sp³-hybridized carbons (Fsp3) is 0.435. The maximum absolute atomic E-state index is 12.5. The van der Waals surface area contributed by atoms with E-state index in [9.17, 15) is 9.59 Å². The highest BCUT2D eigenvalue weighted by Gasteiger charge is 2.30. The molecule has 0 unspecified atom stereocenters. The number of benzene rings is 1. The lowest BCUT2D eigenvalue weighted by atomic mass is 9.98. The van der Waals surface area contributed by atoms with Crippen LogP contribution in [-0.2, 0) is 16.1 Å². The van der Waals surface area contributed by atoms with Crippen molar-refractivity contribution in [1.82, 2.24) is 19.7 Å². The minimum atomic E-state index is -0.582. The second kappa shape index (κ2) is 7.31. The van der Waals surface area contributed by atoms with Crippen molar-refractivity contribution in [3.8, 4) is 11.1 Å². The highest BCUT2D eigenvalue weighted by atomic mass is 16.6. The van der Waals surface area contributed by atoms with Crippen LogP contribution < -0.4 is 0 Å². The van der Waals surface area contributed by atoms with Gasteiger partial charge in [0.25, 0.3) is 0 Å². The van der Waals surface area contributed by atoms with E-state index in [-0.39, 0.29) is 18.3 Å². The average Bonchev–Trinajstić information content (AvgIpc) is 3.42. The van der Waals surface area contributed by atoms with Crippen LogP contribution in [0.25, 0.3) is 22.0 Å². The van der Waals surface area contributed by atoms with Gasteiger partial charge in [0.15, 0.2) is 5.78 Å². The van der Waals surface area contributed by atoms with E-state index in [1.807, 2.05) is 33.8 Å². The topological polar surface area (TPSA) is 87.0 Å². The Morgan fingerprint density at radius 1 is 1.13 bits per heavy atom. The van der Waals surface area contributed by atoms with Crippen LogP contribution in [0, 0.1) is 6.92 Å². The normalized spacial score (nSPS) is 14.2. The molecule has 1 fully saturated rings. The smallest absolute Gasteiger partial charge is 0.328 e. The van der Waals surface area contributed by atoms with Crippen LogP contribution in [0.3, 0.4) is 0 Å². The van der Waals surface area contributed by atoms with Gasteiger partial charge in [-0.2, -0.15) is 5.10 Å². The molecule has 7 heteroatoms. The molecule has 0 bridgehead atoms. The molecular formula is C23H26N4O3. The fourth-order valence-corrected chi connectivity index (χ4v) is 3.63. The number of ether oxygens (including phenoxy) is 1. The molecule has 156 valence electrons. The molecule has 1 aromatic carbocycles. The quantitative estimate of drug-likeness (QED) is 0.466. The number of fused-ring (bicyclic) bond motifs is 1. The minimum absolute atomic E-state index is 0.0340. The summed E-state index contributed by atoms with van der Waals surface area (Å²) in [5.41, 5.74) is 3.56. The van der Waals surface area contributed by atoms with Crippen LogP contribution in [0.15, 0.2) is 24.5 Å². The number of carbonyl (C=O) groups is 2. The first-order valence-corrected chi connectivity index (χ1v) is 10.2. The summed E-state index contributed by atoms with van der Waals surface area (Å²) in [5.74, 6) is 0.589. The summed E-state index contributed by atoms with van der Waals surface area (Å²) in [6.45, 7) is 8.80. The Kier molecular flexibility index (Phi) is 4.92. The molecule has 2 aromatic heterocycles. The summed E-state index contributed by atoms with van der Waals surface area (Å²) in [4.78, 5) is 33.4. The molecule has 0 spiro atoms. The van der Waals surface area contributed by atoms with Gasteiger partial charge >= 0.3 is 5.97 Å². The lowest BCUT2D eigenvalue weighted by Crippen LogP contribution is -2.27. The lowest BCUT2D eigenvalue weighted by molar-refractivity contribution is -0.155. The third kappa shape index (κ3) is 4.10. The van der Waals surface area contributed by atoms with E-state index >= 15 is 0 Å². The monoisotopic (exact) mass is 406 g/mol. The van der Waals surface area contributed by atoms with Gasteiger partial charge in [0.1, 0.15) is 23.7 Å². The van der Waals surface area contributed by atoms with Crippen molar-refractivity contribution in [3.63, 3.8) is 0 Å². The summed E-state index contributed by atoms with van der Waals surface area (Å²) >= 11 is 0. The number of nitrogens with zero attached hydrogens (tertiary/aromatic N) is 4. The molecule has 2 heterocycles. The SMILES string of the molecule is CC(=O)c1nn(CC(=O)OC(C)(C)C)c2c(C3CC3)cc(-c3cnc(C)nc3)cc12. The predicted molar refractivity (Wildman–Crippen MR) is 113 cm³/mol. The first-order valence-electron chi connectivity index (χ1n) is 10.2. The van der Waals surface area contributed by atoms with Crippen LogP contribution in [0.4, 0.5) is 0 Å². The molecule has 0 saturated heterocycles. The molecule has 1 aliphatic rings. The largest absolute Gasteiger partial charge is 0.459 e. The van der Waals surface area contributed by atoms with Gasteiger partial charge in [0, 0.05) is 30.3 Å². The minimum Gasteiger partial charge on any atom is -0.459 e. The van der Waals surface area contributed by atoms with Crippen molar-refractivity contribution in [2.45, 2.75) is 65.5 Å². The molecule has 0 amide bonds. The first-order chi connectivity index (χ1) is 14.1. The number of ketones is 1. The van der Waals surface area contributed by atoms with Crippen molar-refractivity contribution in [2.24, 2.45) is 0 Å². The van der Waals surface area contributed by atoms with E-state index in [0.717, 1.165) is 40.4 Å². The summed E-state index contributed by atoms with van der Waals surface area (Å²) < 4.78 is 7.11. The fourth-order valence-electron chi connectivity index (χ4n) is 3.63. The zero-order chi connectivity index (χ0) is 21.6. The van der Waals surface area contributed by atoms with E-state index in [1.165, 1.54) is 6.92 Å². The lowest BCUT2D eigenvalue weighted by Gasteiger charge is -2.19. The maximum atomic E-state index is 12.5. The molecule has 1 saturated carbocycles. The molecule has 3 aromatic rings. The summed E-state index contributed by atoms with van der Waals surface area (Å²) in [6.07, 6.45) is 5.74. The molecular weight excluding hydrogens is 380 g/mol. The molecule has 0 radical (unpaired) electrons. The second-order valence-electron chi connectivity index (χ2n) is 8.90. The summed E-state index contributed by atoms with van der Waals surface area (Å²) in [6, 6.07) is 4.07. The van der Waals surface area contributed by atoms with Crippen molar-refractivity contribution >= 4 is 22.7 Å². The van der Waals surface area contributed by atoms with Gasteiger partial charge in [-0.3, -0.25) is 14.3 Å². The van der Waals surface area contributed by atoms with Crippen LogP contribution in [0.1, 0.15) is 68.3 Å². The summed E-state index contributed by atoms with van der Waals surface area (Å²) in [7, 11) is 0. The molecule has 4 rings (SSSR count). The Labute approximate surface area is 175 Å². The standard InChI is InChI=1S/C23H26N4O3/c1-13(28)21-19-9-16(17-10-24-14(2)25-11-17)8-18(15-6-7-15)22(19)27(26-21)12-20(29)30-23(3,4)5/h8-11,15H,6-7,12H2,1-5H3. The van der Waals surface area contributed by atoms with E-state index in [1.54, 1.807) is 17.1 Å². The van der Waals surface area contributed by atoms with Gasteiger partial charge in [-0.05, 0) is 69.7 Å². The third-order valence-electron chi connectivity index (χ3n) is 5.04. The first kappa shape index (κ1) is 20.2. The highest BCUT2D eigenvalue weighted by molar-refractivity contribution is 6.07. The number of carbonyl (C=O) groups excluding carboxylic acids is 2. The number of aryl methyl sites for hydroxylation is 1. The van der Waals surface area contributed by atoms with Crippen LogP contribution >= 0.6 is 0 Å². The molecule has 0 aliphatic heterocycles. The van der Waals surface area contributed by atoms with Gasteiger partial charge in [-0.25, -0.2) is 9.97 Å². The summed E-state index contributed by atoms with van der Waals surface area (Å²) in [5, 5.41) is 5.27. The number of esters is 1. The molecule has 1 aliphatic carbocycles. The van der Waals surface area contributed by atoms with Crippen molar-refractivity contribution in [1.29, 1.82) is 0 Å². The van der Waals surface area contributed by atoms with Crippen molar-refractivity contribution in [3.05, 3.63) is 41.6 Å². The van der Waals surface area contributed by atoms with E-state index in [0.29, 0.717) is 17.4 Å². The predicted octanol–water partition coefficient (Wildman–Crippen LogP) is 4.22. The van der Waals surface area contributed by atoms with Gasteiger partial charge in [0.05, 0.1) is 5.52 Å². The number of hydrogen-bond donors (Lipinski definition) is 0.